The van der Waals surface area contributed by atoms with Gasteiger partial charge < -0.3 is 15.2 Å². The average Bonchev–Trinajstić information content (AvgIpc) is 2.72. The lowest BCUT2D eigenvalue weighted by Gasteiger charge is -2.24. The fourth-order valence-corrected chi connectivity index (χ4v) is 2.83. The first-order valence-corrected chi connectivity index (χ1v) is 8.97. The Hall–Kier alpha value is -3.40. The van der Waals surface area contributed by atoms with Crippen LogP contribution < -0.4 is 21.9 Å². The molecule has 1 heterocycles. The van der Waals surface area contributed by atoms with Crippen molar-refractivity contribution in [1.29, 1.82) is 0 Å². The highest BCUT2D eigenvalue weighted by molar-refractivity contribution is 6.08. The molecular weight excluding hydrogens is 380 g/mol. The van der Waals surface area contributed by atoms with Crippen LogP contribution in [0.2, 0.25) is 0 Å². The van der Waals surface area contributed by atoms with Crippen LogP contribution in [0.1, 0.15) is 34.1 Å². The van der Waals surface area contributed by atoms with Crippen LogP contribution in [0.4, 0.5) is 11.5 Å². The number of aromatic nitrogens is 2. The number of carbonyl (C=O) groups excluding carboxylic acids is 2. The first-order chi connectivity index (χ1) is 13.8. The number of carbonyl (C=O) groups is 2. The Bertz CT molecular complexity index is 1010. The van der Waals surface area contributed by atoms with E-state index in [9.17, 15) is 19.2 Å². The number of hydrogen-bond donors (Lipinski definition) is 2. The molecule has 10 heteroatoms. The fourth-order valence-electron chi connectivity index (χ4n) is 2.83. The van der Waals surface area contributed by atoms with Crippen LogP contribution in [0.5, 0.6) is 0 Å². The molecule has 0 spiro atoms. The topological polar surface area (TPSA) is 137 Å². The number of nitrogens with zero attached hydrogens (tertiary/aromatic N) is 2. The van der Waals surface area contributed by atoms with Crippen molar-refractivity contribution in [3.8, 4) is 0 Å². The highest BCUT2D eigenvalue weighted by Gasteiger charge is 2.25. The van der Waals surface area contributed by atoms with E-state index in [2.05, 4.69) is 9.72 Å². The number of esters is 1. The number of benzene rings is 1. The van der Waals surface area contributed by atoms with Gasteiger partial charge in [0.25, 0.3) is 11.5 Å². The minimum absolute atomic E-state index is 0.00932. The maximum absolute atomic E-state index is 13.2. The van der Waals surface area contributed by atoms with E-state index in [4.69, 9.17) is 10.5 Å². The largest absolute Gasteiger partial charge is 0.465 e. The van der Waals surface area contributed by atoms with E-state index in [1.807, 2.05) is 6.92 Å². The Morgan fingerprint density at radius 2 is 1.90 bits per heavy atom. The molecule has 1 aromatic heterocycles. The highest BCUT2D eigenvalue weighted by atomic mass is 16.5. The number of nitrogens with two attached hydrogens (primary N) is 1. The molecule has 1 amide bonds. The zero-order valence-electron chi connectivity index (χ0n) is 16.6. The molecule has 0 unspecified atom stereocenters. The monoisotopic (exact) mass is 404 g/mol. The Morgan fingerprint density at radius 1 is 1.21 bits per heavy atom. The van der Waals surface area contributed by atoms with Gasteiger partial charge in [-0.1, -0.05) is 13.0 Å². The SMILES string of the molecule is CCCn1c(N)c(N(CCOC)C(=O)c2cccc(C(=O)OC)c2)c(=O)[nH]c1=O. The minimum atomic E-state index is -0.784. The first kappa shape index (κ1) is 21.9. The minimum Gasteiger partial charge on any atom is -0.465 e. The van der Waals surface area contributed by atoms with Gasteiger partial charge in [0.15, 0.2) is 5.69 Å². The number of aromatic amines is 1. The van der Waals surface area contributed by atoms with Crippen LogP contribution >= 0.6 is 0 Å². The maximum atomic E-state index is 13.2. The van der Waals surface area contributed by atoms with Crippen molar-refractivity contribution in [1.82, 2.24) is 9.55 Å². The van der Waals surface area contributed by atoms with Gasteiger partial charge in [-0.25, -0.2) is 9.59 Å². The number of amides is 1. The zero-order valence-corrected chi connectivity index (χ0v) is 16.6. The Kier molecular flexibility index (Phi) is 7.32. The molecule has 0 saturated carbocycles. The predicted molar refractivity (Wildman–Crippen MR) is 107 cm³/mol. The molecular formula is C19H24N4O6. The quantitative estimate of drug-likeness (QED) is 0.615. The van der Waals surface area contributed by atoms with Crippen molar-refractivity contribution in [2.75, 3.05) is 38.0 Å². The summed E-state index contributed by atoms with van der Waals surface area (Å²) < 4.78 is 10.9. The van der Waals surface area contributed by atoms with Gasteiger partial charge in [-0.15, -0.1) is 0 Å². The van der Waals surface area contributed by atoms with Gasteiger partial charge in [0.2, 0.25) is 0 Å². The molecule has 1 aromatic carbocycles. The third kappa shape index (κ3) is 4.72. The standard InChI is InChI=1S/C19H24N4O6/c1-4-8-23-15(20)14(16(24)21-19(23)27)22(9-10-28-2)17(25)12-6-5-7-13(11-12)18(26)29-3/h5-7,11H,4,8-10,20H2,1-3H3,(H,21,24,27). The van der Waals surface area contributed by atoms with Crippen molar-refractivity contribution < 1.29 is 19.1 Å². The van der Waals surface area contributed by atoms with Gasteiger partial charge in [0.05, 0.1) is 19.3 Å². The molecule has 0 radical (unpaired) electrons. The predicted octanol–water partition coefficient (Wildman–Crippen LogP) is 0.609. The molecule has 0 fully saturated rings. The molecule has 2 rings (SSSR count). The van der Waals surface area contributed by atoms with Gasteiger partial charge in [-0.3, -0.25) is 24.0 Å². The van der Waals surface area contributed by atoms with E-state index in [1.165, 1.54) is 43.1 Å². The maximum Gasteiger partial charge on any atom is 0.337 e. The summed E-state index contributed by atoms with van der Waals surface area (Å²) in [6.45, 7) is 2.25. The van der Waals surface area contributed by atoms with E-state index >= 15 is 0 Å². The second-order valence-electron chi connectivity index (χ2n) is 6.17. The normalized spacial score (nSPS) is 10.6. The smallest absolute Gasteiger partial charge is 0.337 e. The molecule has 2 aromatic rings. The van der Waals surface area contributed by atoms with Gasteiger partial charge in [0, 0.05) is 25.8 Å². The van der Waals surface area contributed by atoms with Crippen LogP contribution in [-0.2, 0) is 16.0 Å². The summed E-state index contributed by atoms with van der Waals surface area (Å²) in [5.41, 5.74) is 4.84. The summed E-state index contributed by atoms with van der Waals surface area (Å²) in [4.78, 5) is 52.9. The van der Waals surface area contributed by atoms with Crippen molar-refractivity contribution in [3.63, 3.8) is 0 Å². The molecule has 3 N–H and O–H groups in total. The number of ether oxygens (including phenoxy) is 2. The second kappa shape index (κ2) is 9.69. The summed E-state index contributed by atoms with van der Waals surface area (Å²) in [6, 6.07) is 5.89. The number of nitrogens with one attached hydrogen (secondary N) is 1. The van der Waals surface area contributed by atoms with E-state index in [1.54, 1.807) is 0 Å². The first-order valence-electron chi connectivity index (χ1n) is 8.97. The Balaban J connectivity index is 2.60. The van der Waals surface area contributed by atoms with Crippen LogP contribution in [0.25, 0.3) is 0 Å². The van der Waals surface area contributed by atoms with E-state index < -0.39 is 23.1 Å². The van der Waals surface area contributed by atoms with E-state index in [0.717, 1.165) is 4.90 Å². The fraction of sp³-hybridized carbons (Fsp3) is 0.368. The van der Waals surface area contributed by atoms with Crippen molar-refractivity contribution >= 4 is 23.4 Å². The molecule has 156 valence electrons. The molecule has 0 atom stereocenters. The van der Waals surface area contributed by atoms with Gasteiger partial charge in [-0.2, -0.15) is 0 Å². The zero-order chi connectivity index (χ0) is 21.6. The van der Waals surface area contributed by atoms with Crippen LogP contribution in [0.3, 0.4) is 0 Å². The summed E-state index contributed by atoms with van der Waals surface area (Å²) in [5, 5.41) is 0. The number of H-pyrrole nitrogens is 1. The molecule has 0 bridgehead atoms. The van der Waals surface area contributed by atoms with E-state index in [-0.39, 0.29) is 42.3 Å². The molecule has 10 nitrogen and oxygen atoms in total. The van der Waals surface area contributed by atoms with Gasteiger partial charge >= 0.3 is 11.7 Å². The number of anilines is 2. The summed E-state index contributed by atoms with van der Waals surface area (Å²) in [5.74, 6) is -1.29. The number of methoxy groups -OCH3 is 2. The molecule has 0 aliphatic carbocycles. The Morgan fingerprint density at radius 3 is 2.52 bits per heavy atom. The summed E-state index contributed by atoms with van der Waals surface area (Å²) >= 11 is 0. The number of hydrogen-bond acceptors (Lipinski definition) is 7. The Labute approximate surface area is 166 Å². The summed E-state index contributed by atoms with van der Waals surface area (Å²) in [7, 11) is 2.69. The third-order valence-corrected chi connectivity index (χ3v) is 4.23. The molecule has 0 saturated heterocycles. The van der Waals surface area contributed by atoms with Gasteiger partial charge in [-0.05, 0) is 24.6 Å². The van der Waals surface area contributed by atoms with Crippen LogP contribution in [-0.4, -0.2) is 48.8 Å². The van der Waals surface area contributed by atoms with Crippen LogP contribution in [0.15, 0.2) is 33.9 Å². The summed E-state index contributed by atoms with van der Waals surface area (Å²) in [6.07, 6.45) is 0.600. The van der Waals surface area contributed by atoms with Crippen molar-refractivity contribution in [3.05, 3.63) is 56.2 Å². The lowest BCUT2D eigenvalue weighted by atomic mass is 10.1. The average molecular weight is 404 g/mol. The molecule has 0 aliphatic rings. The lowest BCUT2D eigenvalue weighted by molar-refractivity contribution is 0.0600. The second-order valence-corrected chi connectivity index (χ2v) is 6.17. The molecule has 29 heavy (non-hydrogen) atoms. The van der Waals surface area contributed by atoms with Crippen molar-refractivity contribution in [2.24, 2.45) is 0 Å². The van der Waals surface area contributed by atoms with Gasteiger partial charge in [0.1, 0.15) is 5.82 Å². The highest BCUT2D eigenvalue weighted by Crippen LogP contribution is 2.20. The number of nitrogen functional groups attached to an aromatic ring is 1. The van der Waals surface area contributed by atoms with Crippen molar-refractivity contribution in [2.45, 2.75) is 19.9 Å². The van der Waals surface area contributed by atoms with Crippen LogP contribution in [0, 0.1) is 0 Å². The third-order valence-electron chi connectivity index (χ3n) is 4.23. The lowest BCUT2D eigenvalue weighted by Crippen LogP contribution is -2.42. The van der Waals surface area contributed by atoms with E-state index in [0.29, 0.717) is 6.42 Å². The number of rotatable bonds is 8. The molecule has 0 aliphatic heterocycles.